The number of allylic oxidation sites excluding steroid dienone is 2. The van der Waals surface area contributed by atoms with Gasteiger partial charge in [-0.15, -0.1) is 11.8 Å². The van der Waals surface area contributed by atoms with Crippen molar-refractivity contribution in [3.8, 4) is 0 Å². The Hall–Kier alpha value is -6.11. The highest BCUT2D eigenvalue weighted by molar-refractivity contribution is 7.98. The Labute approximate surface area is 536 Å². The van der Waals surface area contributed by atoms with E-state index in [0.29, 0.717) is 0 Å². The van der Waals surface area contributed by atoms with Crippen LogP contribution in [0.2, 0.25) is 0 Å². The standard InChI is InChI=1S/C64H113N11O13S/c1-26-28-29-41(13)53(77)52-57(81)67-44(27-2)59(83)69(18)34-49(76)70(19)48(33-64(16,17)88-35-89-25)56(80)68-50(39(9)10)62(86)71(20)45(30-36(3)4)55(79)65-42(14)54(78)66-43(15)58(82)72(21)46(31-37(5)6)60(84)73(22)47(32-38(7)8)61(85)74(23)51(40(11)12)63(87)75(52)24/h26,28,36-48,50-52H,27,29-35H2,1-25H3,(H,65,79)(H,66,78)(H,67,81)(H,68,80)/t41-,42+,43-,44+,45+,46+,47+,48+,50+,51+,52+/m1/s1. The molecule has 1 rings (SSSR count). The lowest BCUT2D eigenvalue weighted by molar-refractivity contribution is -0.157. The van der Waals surface area contributed by atoms with Crippen molar-refractivity contribution in [3.05, 3.63) is 12.2 Å². The summed E-state index contributed by atoms with van der Waals surface area (Å²) in [7, 11) is 9.73. The van der Waals surface area contributed by atoms with Gasteiger partial charge in [0.15, 0.2) is 11.8 Å². The predicted octanol–water partition coefficient (Wildman–Crippen LogP) is 3.94. The number of nitrogens with zero attached hydrogens (tertiary/aromatic N) is 7. The summed E-state index contributed by atoms with van der Waals surface area (Å²) in [5.74, 6) is -10.9. The highest BCUT2D eigenvalue weighted by Gasteiger charge is 2.46. The Kier molecular flexibility index (Phi) is 33.3. The highest BCUT2D eigenvalue weighted by atomic mass is 32.2. The van der Waals surface area contributed by atoms with Gasteiger partial charge in [-0.25, -0.2) is 0 Å². The zero-order chi connectivity index (χ0) is 69.0. The van der Waals surface area contributed by atoms with Crippen LogP contribution in [0.25, 0.3) is 0 Å². The lowest BCUT2D eigenvalue weighted by Gasteiger charge is -2.40. The second-order valence-electron chi connectivity index (χ2n) is 26.8. The largest absolute Gasteiger partial charge is 0.365 e. The van der Waals surface area contributed by atoms with Crippen molar-refractivity contribution in [2.75, 3.05) is 68.1 Å². The Morgan fingerprint density at radius 3 is 1.51 bits per heavy atom. The van der Waals surface area contributed by atoms with E-state index in [4.69, 9.17) is 4.74 Å². The lowest BCUT2D eigenvalue weighted by atomic mass is 9.92. The van der Waals surface area contributed by atoms with Crippen molar-refractivity contribution < 1.29 is 62.3 Å². The maximum atomic E-state index is 15.2. The number of ether oxygens (including phenoxy) is 1. The van der Waals surface area contributed by atoms with Crippen molar-refractivity contribution in [1.82, 2.24) is 55.6 Å². The Morgan fingerprint density at radius 1 is 0.562 bits per heavy atom. The number of likely N-dealkylation sites (N-methyl/N-ethyl adjacent to an activating group) is 7. The second kappa shape index (κ2) is 36.7. The van der Waals surface area contributed by atoms with Gasteiger partial charge in [0.2, 0.25) is 59.1 Å². The number of rotatable bonds is 18. The molecule has 0 bridgehead atoms. The molecule has 0 aliphatic carbocycles. The third-order valence-electron chi connectivity index (χ3n) is 16.4. The summed E-state index contributed by atoms with van der Waals surface area (Å²) >= 11 is 1.40. The van der Waals surface area contributed by atoms with Crippen LogP contribution in [0.5, 0.6) is 0 Å². The summed E-state index contributed by atoms with van der Waals surface area (Å²) in [6.07, 6.45) is 5.82. The molecule has 0 radical (unpaired) electrons. The predicted molar refractivity (Wildman–Crippen MR) is 346 cm³/mol. The molecule has 1 aliphatic rings. The maximum absolute atomic E-state index is 15.2. The van der Waals surface area contributed by atoms with Crippen molar-refractivity contribution in [3.63, 3.8) is 0 Å². The number of hydrogen-bond acceptors (Lipinski definition) is 14. The SMILES string of the molecule is CC=CC[C@@H](C)C(=O)[C@H]1C(=O)N[C@@H](CC)C(=O)N(C)CC(=O)N(C)[C@@H](CC(C)(C)OCSC)C(=O)N[C@@H](C(C)C)C(=O)N(C)[C@@H](CC(C)C)C(=O)N[C@@H](C)C(=O)N[C@H](C)C(=O)N(C)[C@@H](CC(C)C)C(=O)N(C)[C@@H](CC(C)C)C(=O)N(C)[C@@H](C(C)C)C(=O)N1C. The minimum Gasteiger partial charge on any atom is -0.365 e. The molecule has 89 heavy (non-hydrogen) atoms. The van der Waals surface area contributed by atoms with Gasteiger partial charge in [-0.3, -0.25) is 57.5 Å². The highest BCUT2D eigenvalue weighted by Crippen LogP contribution is 2.26. The molecule has 1 saturated heterocycles. The number of Topliss-reactive ketones (excluding diaryl/α,β-unsaturated/α-hetero) is 1. The van der Waals surface area contributed by atoms with Crippen LogP contribution in [0.15, 0.2) is 12.2 Å². The summed E-state index contributed by atoms with van der Waals surface area (Å²) < 4.78 is 6.11. The molecule has 4 N–H and O–H groups in total. The number of nitrogens with one attached hydrogen (secondary N) is 4. The number of amides is 11. The first kappa shape index (κ1) is 80.9. The van der Waals surface area contributed by atoms with Crippen LogP contribution in [-0.4, -0.2) is 239 Å². The summed E-state index contributed by atoms with van der Waals surface area (Å²) in [4.78, 5) is 184. The van der Waals surface area contributed by atoms with E-state index in [-0.39, 0.29) is 62.2 Å². The molecule has 11 atom stereocenters. The fourth-order valence-corrected chi connectivity index (χ4v) is 11.2. The molecule has 1 fully saturated rings. The number of carbonyl (C=O) groups excluding carboxylic acids is 12. The van der Waals surface area contributed by atoms with Crippen molar-refractivity contribution in [2.24, 2.45) is 35.5 Å². The minimum atomic E-state index is -1.82. The summed E-state index contributed by atoms with van der Waals surface area (Å²) in [6.45, 7) is 28.7. The molecule has 24 nitrogen and oxygen atoms in total. The van der Waals surface area contributed by atoms with Crippen LogP contribution in [-0.2, 0) is 62.3 Å². The lowest BCUT2D eigenvalue weighted by Crippen LogP contribution is -2.63. The Morgan fingerprint density at radius 2 is 1.03 bits per heavy atom. The van der Waals surface area contributed by atoms with E-state index >= 15 is 9.59 Å². The Balaban J connectivity index is 4.41. The summed E-state index contributed by atoms with van der Waals surface area (Å²) in [5.41, 5.74) is -1.03. The first-order valence-corrected chi connectivity index (χ1v) is 32.8. The molecule has 508 valence electrons. The third-order valence-corrected chi connectivity index (χ3v) is 16.8. The fourth-order valence-electron chi connectivity index (χ4n) is 10.8. The molecule has 1 aliphatic heterocycles. The van der Waals surface area contributed by atoms with E-state index < -0.39 is 161 Å². The van der Waals surface area contributed by atoms with Gasteiger partial charge in [0.1, 0.15) is 54.4 Å². The van der Waals surface area contributed by atoms with Crippen LogP contribution < -0.4 is 21.3 Å². The molecule has 11 amide bonds. The molecular formula is C64H113N11O13S. The van der Waals surface area contributed by atoms with E-state index in [1.165, 1.54) is 94.5 Å². The van der Waals surface area contributed by atoms with E-state index in [9.17, 15) is 47.9 Å². The average Bonchev–Trinajstić information content (AvgIpc) is 3.31. The van der Waals surface area contributed by atoms with Crippen LogP contribution in [0.4, 0.5) is 0 Å². The van der Waals surface area contributed by atoms with Gasteiger partial charge in [-0.2, -0.15) is 0 Å². The van der Waals surface area contributed by atoms with Gasteiger partial charge in [0.25, 0.3) is 5.91 Å². The van der Waals surface area contributed by atoms with Gasteiger partial charge in [0.05, 0.1) is 18.1 Å². The van der Waals surface area contributed by atoms with Crippen LogP contribution in [0.1, 0.15) is 156 Å². The number of carbonyl (C=O) groups is 12. The topological polar surface area (TPSA) is 285 Å². The molecule has 0 saturated carbocycles. The van der Waals surface area contributed by atoms with E-state index in [2.05, 4.69) is 21.3 Å². The number of ketones is 1. The monoisotopic (exact) mass is 1280 g/mol. The second-order valence-corrected chi connectivity index (χ2v) is 27.6. The normalized spacial score (nSPS) is 26.0. The van der Waals surface area contributed by atoms with Crippen LogP contribution in [0.3, 0.4) is 0 Å². The Bertz CT molecular complexity index is 2490. The molecule has 1 heterocycles. The molecule has 0 aromatic carbocycles. The quantitative estimate of drug-likeness (QED) is 0.0860. The fraction of sp³-hybridized carbons (Fsp3) is 0.781. The maximum Gasteiger partial charge on any atom is 0.251 e. The first-order chi connectivity index (χ1) is 41.1. The van der Waals surface area contributed by atoms with E-state index in [1.54, 1.807) is 74.5 Å². The molecular weight excluding hydrogens is 1160 g/mol. The van der Waals surface area contributed by atoms with Gasteiger partial charge in [-0.1, -0.05) is 95.2 Å². The van der Waals surface area contributed by atoms with Crippen LogP contribution in [0, 0.1) is 35.5 Å². The third kappa shape index (κ3) is 23.3. The zero-order valence-electron chi connectivity index (χ0n) is 58.4. The average molecular weight is 1280 g/mol. The first-order valence-electron chi connectivity index (χ1n) is 31.4. The van der Waals surface area contributed by atoms with E-state index in [0.717, 1.165) is 14.7 Å². The number of thioether (sulfide) groups is 1. The van der Waals surface area contributed by atoms with E-state index in [1.807, 2.05) is 47.8 Å². The molecule has 25 heteroatoms. The molecule has 0 unspecified atom stereocenters. The van der Waals surface area contributed by atoms with Gasteiger partial charge in [-0.05, 0) is 103 Å². The number of hydrogen-bond donors (Lipinski definition) is 4. The minimum absolute atomic E-state index is 0.0270. The summed E-state index contributed by atoms with van der Waals surface area (Å²) in [5, 5.41) is 10.9. The molecule has 0 spiro atoms. The summed E-state index contributed by atoms with van der Waals surface area (Å²) in [6, 6.07) is -13.0. The zero-order valence-corrected chi connectivity index (χ0v) is 59.2. The van der Waals surface area contributed by atoms with Crippen LogP contribution >= 0.6 is 11.8 Å². The van der Waals surface area contributed by atoms with Gasteiger partial charge < -0.3 is 60.3 Å². The molecule has 0 aromatic heterocycles. The van der Waals surface area contributed by atoms with Crippen molar-refractivity contribution >= 4 is 82.5 Å². The smallest absolute Gasteiger partial charge is 0.251 e. The van der Waals surface area contributed by atoms with Crippen molar-refractivity contribution in [2.45, 2.75) is 222 Å². The van der Waals surface area contributed by atoms with Crippen molar-refractivity contribution in [1.29, 1.82) is 0 Å². The van der Waals surface area contributed by atoms with Gasteiger partial charge in [0, 0.05) is 61.7 Å². The molecule has 0 aromatic rings. The van der Waals surface area contributed by atoms with Gasteiger partial charge >= 0.3 is 0 Å².